The summed E-state index contributed by atoms with van der Waals surface area (Å²) >= 11 is 1.71. The maximum absolute atomic E-state index is 9.08. The third-order valence-corrected chi connectivity index (χ3v) is 3.09. The number of aliphatic hydroxyl groups is 1. The van der Waals surface area contributed by atoms with Gasteiger partial charge in [-0.2, -0.15) is 0 Å². The Hall–Kier alpha value is -0.410. The molecule has 1 aromatic heterocycles. The molecule has 2 nitrogen and oxygen atoms in total. The molecule has 0 aliphatic carbocycles. The molecular formula is C10H17NOS. The summed E-state index contributed by atoms with van der Waals surface area (Å²) in [5.74, 6) is 0.238. The summed E-state index contributed by atoms with van der Waals surface area (Å²) in [7, 11) is 0. The lowest BCUT2D eigenvalue weighted by atomic mass is 10.1. The summed E-state index contributed by atoms with van der Waals surface area (Å²) in [5, 5.41) is 12.4. The van der Waals surface area contributed by atoms with Crippen molar-refractivity contribution in [1.29, 1.82) is 0 Å². The minimum atomic E-state index is 0.214. The molecule has 0 aromatic carbocycles. The largest absolute Gasteiger partial charge is 0.396 e. The van der Waals surface area contributed by atoms with Crippen molar-refractivity contribution in [2.24, 2.45) is 0 Å². The van der Waals surface area contributed by atoms with E-state index < -0.39 is 0 Å². The number of thiazole rings is 1. The van der Waals surface area contributed by atoms with E-state index in [4.69, 9.17) is 5.11 Å². The van der Waals surface area contributed by atoms with Gasteiger partial charge in [-0.15, -0.1) is 11.3 Å². The van der Waals surface area contributed by atoms with Gasteiger partial charge in [0.15, 0.2) is 0 Å². The van der Waals surface area contributed by atoms with E-state index in [1.165, 1.54) is 5.01 Å². The zero-order valence-corrected chi connectivity index (χ0v) is 9.10. The highest BCUT2D eigenvalue weighted by Gasteiger charge is 2.11. The maximum Gasteiger partial charge on any atom is 0.0928 e. The highest BCUT2D eigenvalue weighted by molar-refractivity contribution is 7.09. The molecule has 0 radical (unpaired) electrons. The molecule has 74 valence electrons. The smallest absolute Gasteiger partial charge is 0.0928 e. The van der Waals surface area contributed by atoms with E-state index in [0.717, 1.165) is 25.0 Å². The minimum Gasteiger partial charge on any atom is -0.396 e. The third kappa shape index (κ3) is 2.78. The summed E-state index contributed by atoms with van der Waals surface area (Å²) in [4.78, 5) is 4.50. The van der Waals surface area contributed by atoms with Crippen LogP contribution in [-0.4, -0.2) is 16.7 Å². The molecule has 0 aliphatic rings. The van der Waals surface area contributed by atoms with Gasteiger partial charge in [0.1, 0.15) is 0 Å². The van der Waals surface area contributed by atoms with Crippen molar-refractivity contribution >= 4 is 11.3 Å². The van der Waals surface area contributed by atoms with Crippen molar-refractivity contribution in [1.82, 2.24) is 4.98 Å². The van der Waals surface area contributed by atoms with E-state index in [1.807, 2.05) is 0 Å². The van der Waals surface area contributed by atoms with Crippen molar-refractivity contribution < 1.29 is 5.11 Å². The van der Waals surface area contributed by atoms with Gasteiger partial charge in [-0.05, 0) is 19.3 Å². The molecule has 0 spiro atoms. The van der Waals surface area contributed by atoms with Gasteiger partial charge in [0.05, 0.1) is 17.3 Å². The van der Waals surface area contributed by atoms with E-state index in [9.17, 15) is 0 Å². The van der Waals surface area contributed by atoms with Crippen LogP contribution in [0.25, 0.3) is 0 Å². The number of rotatable bonds is 5. The zero-order chi connectivity index (χ0) is 9.68. The molecule has 0 bridgehead atoms. The molecule has 1 unspecified atom stereocenters. The second-order valence-corrected chi connectivity index (χ2v) is 4.15. The summed E-state index contributed by atoms with van der Waals surface area (Å²) in [5.41, 5.74) is 1.07. The first-order valence-electron chi connectivity index (χ1n) is 4.86. The molecule has 1 aromatic rings. The highest BCUT2D eigenvalue weighted by atomic mass is 32.1. The van der Waals surface area contributed by atoms with E-state index in [2.05, 4.69) is 24.2 Å². The number of aromatic nitrogens is 1. The average Bonchev–Trinajstić information content (AvgIpc) is 2.56. The number of hydrogen-bond acceptors (Lipinski definition) is 3. The summed E-state index contributed by atoms with van der Waals surface area (Å²) < 4.78 is 0. The predicted molar refractivity (Wildman–Crippen MR) is 56.2 cm³/mol. The van der Waals surface area contributed by atoms with E-state index in [1.54, 1.807) is 11.3 Å². The number of hydrogen-bond donors (Lipinski definition) is 1. The van der Waals surface area contributed by atoms with Crippen molar-refractivity contribution in [3.8, 4) is 0 Å². The molecule has 1 heterocycles. The van der Waals surface area contributed by atoms with Gasteiger partial charge in [-0.3, -0.25) is 0 Å². The molecule has 13 heavy (non-hydrogen) atoms. The lowest BCUT2D eigenvalue weighted by Crippen LogP contribution is -2.02. The first-order chi connectivity index (χ1) is 6.31. The Morgan fingerprint density at radius 1 is 1.54 bits per heavy atom. The fourth-order valence-electron chi connectivity index (χ4n) is 1.27. The molecule has 3 heteroatoms. The van der Waals surface area contributed by atoms with Crippen LogP contribution < -0.4 is 0 Å². The van der Waals surface area contributed by atoms with Gasteiger partial charge >= 0.3 is 0 Å². The van der Waals surface area contributed by atoms with Crippen LogP contribution >= 0.6 is 11.3 Å². The van der Waals surface area contributed by atoms with Crippen LogP contribution in [-0.2, 0) is 6.42 Å². The van der Waals surface area contributed by atoms with Crippen molar-refractivity contribution in [2.75, 3.05) is 6.61 Å². The van der Waals surface area contributed by atoms with Crippen LogP contribution in [0.15, 0.2) is 5.38 Å². The average molecular weight is 199 g/mol. The fourth-order valence-corrected chi connectivity index (χ4v) is 2.26. The quantitative estimate of drug-likeness (QED) is 0.790. The summed E-state index contributed by atoms with van der Waals surface area (Å²) in [6, 6.07) is 0. The SMILES string of the molecule is CCCc1nc(C(CC)CO)cs1. The molecular weight excluding hydrogens is 182 g/mol. The predicted octanol–water partition coefficient (Wildman–Crippen LogP) is 2.58. The first kappa shape index (κ1) is 10.7. The van der Waals surface area contributed by atoms with Crippen LogP contribution in [0.4, 0.5) is 0 Å². The number of nitrogens with zero attached hydrogens (tertiary/aromatic N) is 1. The number of aliphatic hydroxyl groups excluding tert-OH is 1. The van der Waals surface area contributed by atoms with Gasteiger partial charge in [0.25, 0.3) is 0 Å². The number of aryl methyl sites for hydroxylation is 1. The zero-order valence-electron chi connectivity index (χ0n) is 8.29. The molecule has 1 N–H and O–H groups in total. The van der Waals surface area contributed by atoms with Crippen molar-refractivity contribution in [3.05, 3.63) is 16.1 Å². The van der Waals surface area contributed by atoms with E-state index >= 15 is 0 Å². The Balaban J connectivity index is 2.66. The van der Waals surface area contributed by atoms with Crippen LogP contribution in [0, 0.1) is 0 Å². The van der Waals surface area contributed by atoms with Gasteiger partial charge in [0, 0.05) is 11.3 Å². The van der Waals surface area contributed by atoms with E-state index in [-0.39, 0.29) is 12.5 Å². The minimum absolute atomic E-state index is 0.214. The monoisotopic (exact) mass is 199 g/mol. The van der Waals surface area contributed by atoms with Crippen molar-refractivity contribution in [2.45, 2.75) is 39.0 Å². The van der Waals surface area contributed by atoms with Crippen LogP contribution in [0.3, 0.4) is 0 Å². The normalized spacial score (nSPS) is 13.2. The Morgan fingerprint density at radius 2 is 2.31 bits per heavy atom. The Morgan fingerprint density at radius 3 is 2.85 bits per heavy atom. The van der Waals surface area contributed by atoms with Crippen LogP contribution in [0.1, 0.15) is 43.3 Å². The molecule has 0 saturated heterocycles. The highest BCUT2D eigenvalue weighted by Crippen LogP contribution is 2.21. The molecule has 1 rings (SSSR count). The summed E-state index contributed by atoms with van der Waals surface area (Å²) in [6.07, 6.45) is 3.17. The molecule has 0 fully saturated rings. The Bertz CT molecular complexity index is 243. The second-order valence-electron chi connectivity index (χ2n) is 3.20. The van der Waals surface area contributed by atoms with Crippen molar-refractivity contribution in [3.63, 3.8) is 0 Å². The molecule has 0 amide bonds. The maximum atomic E-state index is 9.08. The molecule has 1 atom stereocenters. The fraction of sp³-hybridized carbons (Fsp3) is 0.700. The van der Waals surface area contributed by atoms with Gasteiger partial charge in [-0.25, -0.2) is 4.98 Å². The van der Waals surface area contributed by atoms with E-state index in [0.29, 0.717) is 0 Å². The van der Waals surface area contributed by atoms with Gasteiger partial charge < -0.3 is 5.11 Å². The van der Waals surface area contributed by atoms with Crippen LogP contribution in [0.5, 0.6) is 0 Å². The summed E-state index contributed by atoms with van der Waals surface area (Å²) in [6.45, 7) is 4.45. The first-order valence-corrected chi connectivity index (χ1v) is 5.74. The second kappa shape index (κ2) is 5.35. The molecule has 0 aliphatic heterocycles. The standard InChI is InChI=1S/C10H17NOS/c1-3-5-10-11-9(7-13-10)8(4-2)6-12/h7-8,12H,3-6H2,1-2H3. The topological polar surface area (TPSA) is 33.1 Å². The Labute approximate surface area is 83.6 Å². The lowest BCUT2D eigenvalue weighted by Gasteiger charge is -2.06. The third-order valence-electron chi connectivity index (χ3n) is 2.16. The Kier molecular flexibility index (Phi) is 4.39. The van der Waals surface area contributed by atoms with Gasteiger partial charge in [0.2, 0.25) is 0 Å². The van der Waals surface area contributed by atoms with Gasteiger partial charge in [-0.1, -0.05) is 13.8 Å². The molecule has 0 saturated carbocycles. The van der Waals surface area contributed by atoms with Crippen LogP contribution in [0.2, 0.25) is 0 Å². The lowest BCUT2D eigenvalue weighted by molar-refractivity contribution is 0.260.